The molecule has 1 N–H and O–H groups in total. The van der Waals surface area contributed by atoms with Gasteiger partial charge in [0.25, 0.3) is 0 Å². The quantitative estimate of drug-likeness (QED) is 0.867. The van der Waals surface area contributed by atoms with Crippen molar-refractivity contribution in [3.05, 3.63) is 54.1 Å². The number of hydrogen-bond donors (Lipinski definition) is 1. The highest BCUT2D eigenvalue weighted by molar-refractivity contribution is 5.96. The van der Waals surface area contributed by atoms with Crippen LogP contribution in [0, 0.1) is 0 Å². The zero-order chi connectivity index (χ0) is 12.3. The Morgan fingerprint density at radius 2 is 2.06 bits per heavy atom. The second kappa shape index (κ2) is 4.55. The van der Waals surface area contributed by atoms with Gasteiger partial charge in [-0.1, -0.05) is 48.6 Å². The summed E-state index contributed by atoms with van der Waals surface area (Å²) in [5, 5.41) is 9.42. The molecule has 88 valence electrons. The molecule has 1 unspecified atom stereocenters. The third-order valence-electron chi connectivity index (χ3n) is 3.02. The SMILES string of the molecule is COC1(C(=O)O)CC=CC=C1c1ccccc1. The van der Waals surface area contributed by atoms with Crippen LogP contribution in [-0.2, 0) is 9.53 Å². The lowest BCUT2D eigenvalue weighted by atomic mass is 9.82. The maximum atomic E-state index is 11.5. The van der Waals surface area contributed by atoms with E-state index in [4.69, 9.17) is 4.74 Å². The number of rotatable bonds is 3. The van der Waals surface area contributed by atoms with Gasteiger partial charge in [-0.2, -0.15) is 0 Å². The molecule has 1 aliphatic rings. The Morgan fingerprint density at radius 3 is 2.65 bits per heavy atom. The lowest BCUT2D eigenvalue weighted by Gasteiger charge is -2.31. The first-order valence-corrected chi connectivity index (χ1v) is 5.42. The summed E-state index contributed by atoms with van der Waals surface area (Å²) >= 11 is 0. The summed E-state index contributed by atoms with van der Waals surface area (Å²) in [5.41, 5.74) is 0.299. The normalized spacial score (nSPS) is 23.2. The Kier molecular flexibility index (Phi) is 3.11. The van der Waals surface area contributed by atoms with E-state index < -0.39 is 11.6 Å². The van der Waals surface area contributed by atoms with Crippen LogP contribution >= 0.6 is 0 Å². The highest BCUT2D eigenvalue weighted by atomic mass is 16.5. The van der Waals surface area contributed by atoms with Crippen LogP contribution in [0.1, 0.15) is 12.0 Å². The summed E-state index contributed by atoms with van der Waals surface area (Å²) in [6.45, 7) is 0. The van der Waals surface area contributed by atoms with Crippen molar-refractivity contribution in [1.29, 1.82) is 0 Å². The van der Waals surface area contributed by atoms with Crippen LogP contribution in [0.3, 0.4) is 0 Å². The summed E-state index contributed by atoms with van der Waals surface area (Å²) < 4.78 is 5.29. The van der Waals surface area contributed by atoms with E-state index in [1.54, 1.807) is 6.08 Å². The molecule has 0 saturated carbocycles. The second-order valence-corrected chi connectivity index (χ2v) is 3.91. The van der Waals surface area contributed by atoms with Crippen molar-refractivity contribution in [2.45, 2.75) is 12.0 Å². The zero-order valence-electron chi connectivity index (χ0n) is 9.59. The largest absolute Gasteiger partial charge is 0.479 e. The molecule has 1 aromatic rings. The fourth-order valence-electron chi connectivity index (χ4n) is 2.07. The molecule has 0 spiro atoms. The van der Waals surface area contributed by atoms with Gasteiger partial charge in [0.1, 0.15) is 0 Å². The van der Waals surface area contributed by atoms with Gasteiger partial charge in [-0.25, -0.2) is 4.79 Å². The summed E-state index contributed by atoms with van der Waals surface area (Å²) in [7, 11) is 1.43. The maximum absolute atomic E-state index is 11.5. The minimum Gasteiger partial charge on any atom is -0.479 e. The number of ether oxygens (including phenoxy) is 1. The third kappa shape index (κ3) is 1.89. The minimum absolute atomic E-state index is 0.347. The van der Waals surface area contributed by atoms with Crippen molar-refractivity contribution in [1.82, 2.24) is 0 Å². The summed E-state index contributed by atoms with van der Waals surface area (Å²) in [6.07, 6.45) is 5.82. The molecule has 1 aromatic carbocycles. The van der Waals surface area contributed by atoms with Gasteiger partial charge in [0.2, 0.25) is 0 Å². The van der Waals surface area contributed by atoms with Crippen LogP contribution < -0.4 is 0 Å². The third-order valence-corrected chi connectivity index (χ3v) is 3.02. The summed E-state index contributed by atoms with van der Waals surface area (Å²) in [6, 6.07) is 9.45. The van der Waals surface area contributed by atoms with Gasteiger partial charge < -0.3 is 9.84 Å². The number of carboxylic acids is 1. The van der Waals surface area contributed by atoms with Crippen molar-refractivity contribution in [2.75, 3.05) is 7.11 Å². The topological polar surface area (TPSA) is 46.5 Å². The highest BCUT2D eigenvalue weighted by Gasteiger charge is 2.43. The van der Waals surface area contributed by atoms with E-state index in [0.29, 0.717) is 12.0 Å². The number of methoxy groups -OCH3 is 1. The Hall–Kier alpha value is -1.87. The molecule has 3 heteroatoms. The Labute approximate surface area is 100 Å². The monoisotopic (exact) mass is 230 g/mol. The molecule has 0 aliphatic heterocycles. The molecule has 3 nitrogen and oxygen atoms in total. The minimum atomic E-state index is -1.27. The van der Waals surface area contributed by atoms with Gasteiger partial charge in [0, 0.05) is 19.1 Å². The van der Waals surface area contributed by atoms with Gasteiger partial charge in [-0.05, 0) is 5.56 Å². The van der Waals surface area contributed by atoms with E-state index in [9.17, 15) is 9.90 Å². The molecule has 0 saturated heterocycles. The van der Waals surface area contributed by atoms with Gasteiger partial charge in [0.15, 0.2) is 5.60 Å². The van der Waals surface area contributed by atoms with Crippen LogP contribution in [0.15, 0.2) is 48.6 Å². The van der Waals surface area contributed by atoms with E-state index in [0.717, 1.165) is 5.56 Å². The molecular weight excluding hydrogens is 216 g/mol. The van der Waals surface area contributed by atoms with Crippen molar-refractivity contribution >= 4 is 11.5 Å². The lowest BCUT2D eigenvalue weighted by Crippen LogP contribution is -2.42. The number of hydrogen-bond acceptors (Lipinski definition) is 2. The molecule has 1 aliphatic carbocycles. The standard InChI is InChI=1S/C14H14O3/c1-17-14(13(15)16)10-6-5-9-12(14)11-7-3-2-4-8-11/h2-9H,10H2,1H3,(H,15,16). The predicted molar refractivity (Wildman–Crippen MR) is 65.6 cm³/mol. The fourth-order valence-corrected chi connectivity index (χ4v) is 2.07. The first kappa shape index (κ1) is 11.6. The average molecular weight is 230 g/mol. The van der Waals surface area contributed by atoms with Gasteiger partial charge >= 0.3 is 5.97 Å². The summed E-state index contributed by atoms with van der Waals surface area (Å²) in [5.74, 6) is -0.959. The Bertz CT molecular complexity index is 474. The van der Waals surface area contributed by atoms with Gasteiger partial charge in [0.05, 0.1) is 0 Å². The molecular formula is C14H14O3. The highest BCUT2D eigenvalue weighted by Crippen LogP contribution is 2.36. The predicted octanol–water partition coefficient (Wildman–Crippen LogP) is 2.50. The van der Waals surface area contributed by atoms with E-state index >= 15 is 0 Å². The van der Waals surface area contributed by atoms with Crippen molar-refractivity contribution in [3.8, 4) is 0 Å². The molecule has 0 heterocycles. The molecule has 0 amide bonds. The first-order valence-electron chi connectivity index (χ1n) is 5.42. The zero-order valence-corrected chi connectivity index (χ0v) is 9.59. The smallest absolute Gasteiger partial charge is 0.341 e. The van der Waals surface area contributed by atoms with Gasteiger partial charge in [-0.15, -0.1) is 0 Å². The van der Waals surface area contributed by atoms with Crippen molar-refractivity contribution < 1.29 is 14.6 Å². The van der Waals surface area contributed by atoms with E-state index in [1.165, 1.54) is 7.11 Å². The van der Waals surface area contributed by atoms with Crippen molar-refractivity contribution in [3.63, 3.8) is 0 Å². The number of carboxylic acid groups (broad SMARTS) is 1. The first-order chi connectivity index (χ1) is 8.20. The van der Waals surface area contributed by atoms with Crippen LogP contribution in [0.25, 0.3) is 5.57 Å². The van der Waals surface area contributed by atoms with E-state index in [-0.39, 0.29) is 0 Å². The molecule has 1 atom stereocenters. The van der Waals surface area contributed by atoms with Crippen molar-refractivity contribution in [2.24, 2.45) is 0 Å². The molecule has 2 rings (SSSR count). The Balaban J connectivity index is 2.52. The molecule has 0 radical (unpaired) electrons. The number of aliphatic carboxylic acids is 1. The van der Waals surface area contributed by atoms with Crippen LogP contribution in [0.5, 0.6) is 0 Å². The molecule has 0 fully saturated rings. The number of carbonyl (C=O) groups is 1. The molecule has 0 aromatic heterocycles. The van der Waals surface area contributed by atoms with E-state index in [1.807, 2.05) is 42.5 Å². The number of benzene rings is 1. The molecule has 0 bridgehead atoms. The lowest BCUT2D eigenvalue weighted by molar-refractivity contribution is -0.154. The fraction of sp³-hybridized carbons (Fsp3) is 0.214. The van der Waals surface area contributed by atoms with Crippen LogP contribution in [0.4, 0.5) is 0 Å². The van der Waals surface area contributed by atoms with Crippen LogP contribution in [0.2, 0.25) is 0 Å². The van der Waals surface area contributed by atoms with Gasteiger partial charge in [-0.3, -0.25) is 0 Å². The van der Waals surface area contributed by atoms with Crippen LogP contribution in [-0.4, -0.2) is 23.8 Å². The Morgan fingerprint density at radius 1 is 1.35 bits per heavy atom. The second-order valence-electron chi connectivity index (χ2n) is 3.91. The summed E-state index contributed by atoms with van der Waals surface area (Å²) in [4.78, 5) is 11.5. The molecule has 17 heavy (non-hydrogen) atoms. The number of allylic oxidation sites excluding steroid dienone is 2. The average Bonchev–Trinajstić information content (AvgIpc) is 2.39. The maximum Gasteiger partial charge on any atom is 0.341 e. The van der Waals surface area contributed by atoms with E-state index in [2.05, 4.69) is 0 Å².